The van der Waals surface area contributed by atoms with Crippen molar-refractivity contribution in [3.05, 3.63) is 0 Å². The normalized spacial score (nSPS) is 11.1. The van der Waals surface area contributed by atoms with Crippen molar-refractivity contribution in [2.24, 2.45) is 0 Å². The van der Waals surface area contributed by atoms with Crippen molar-refractivity contribution in [3.8, 4) is 0 Å². The molecule has 38 heavy (non-hydrogen) atoms. The third-order valence-corrected chi connectivity index (χ3v) is 7.53. The Kier molecular flexibility index (Phi) is 31.3. The number of esters is 2. The molecule has 0 aromatic carbocycles. The monoisotopic (exact) mass is 538 g/mol. The minimum atomic E-state index is -0.0192. The number of carbonyl (C=O) groups excluding carboxylic acids is 2. The molecule has 0 aliphatic carbocycles. The molecule has 0 aliphatic heterocycles. The van der Waals surface area contributed by atoms with E-state index < -0.39 is 0 Å². The van der Waals surface area contributed by atoms with Gasteiger partial charge in [-0.15, -0.1) is 0 Å². The Morgan fingerprint density at radius 3 is 0.868 bits per heavy atom. The Morgan fingerprint density at radius 1 is 0.342 bits per heavy atom. The van der Waals surface area contributed by atoms with Crippen molar-refractivity contribution >= 4 is 11.9 Å². The van der Waals surface area contributed by atoms with Crippen LogP contribution in [0, 0.1) is 0 Å². The van der Waals surface area contributed by atoms with Gasteiger partial charge in [0.1, 0.15) is 0 Å². The second-order valence-electron chi connectivity index (χ2n) is 11.4. The summed E-state index contributed by atoms with van der Waals surface area (Å²) >= 11 is 0. The third kappa shape index (κ3) is 31.2. The molecule has 0 saturated heterocycles. The molecule has 226 valence electrons. The molecule has 0 unspecified atom stereocenters. The number of rotatable bonds is 31. The fourth-order valence-corrected chi connectivity index (χ4v) is 4.94. The fraction of sp³-hybridized carbons (Fsp3) is 0.941. The number of carbonyl (C=O) groups is 2. The van der Waals surface area contributed by atoms with Crippen LogP contribution in [0.2, 0.25) is 0 Å². The summed E-state index contributed by atoms with van der Waals surface area (Å²) in [7, 11) is 0. The van der Waals surface area contributed by atoms with Crippen LogP contribution in [0.5, 0.6) is 0 Å². The van der Waals surface area contributed by atoms with Gasteiger partial charge < -0.3 is 9.47 Å². The molecule has 0 amide bonds. The van der Waals surface area contributed by atoms with Gasteiger partial charge in [0.2, 0.25) is 0 Å². The van der Waals surface area contributed by atoms with Crippen molar-refractivity contribution in [1.82, 2.24) is 0 Å². The fourth-order valence-electron chi connectivity index (χ4n) is 4.94. The minimum absolute atomic E-state index is 0.0192. The topological polar surface area (TPSA) is 52.6 Å². The summed E-state index contributed by atoms with van der Waals surface area (Å²) in [6.45, 7) is 5.71. The summed E-state index contributed by atoms with van der Waals surface area (Å²) in [5, 5.41) is 0. The van der Waals surface area contributed by atoms with E-state index in [-0.39, 0.29) is 11.9 Å². The van der Waals surface area contributed by atoms with E-state index in [2.05, 4.69) is 13.8 Å². The van der Waals surface area contributed by atoms with Crippen LogP contribution >= 0.6 is 0 Å². The van der Waals surface area contributed by atoms with Crippen LogP contribution in [0.3, 0.4) is 0 Å². The van der Waals surface area contributed by atoms with Gasteiger partial charge >= 0.3 is 11.9 Å². The van der Waals surface area contributed by atoms with E-state index in [1.807, 2.05) is 0 Å². The van der Waals surface area contributed by atoms with Crippen LogP contribution in [-0.2, 0) is 19.1 Å². The zero-order chi connectivity index (χ0) is 27.8. The minimum Gasteiger partial charge on any atom is -0.466 e. The van der Waals surface area contributed by atoms with E-state index in [0.717, 1.165) is 38.5 Å². The number of hydrogen-bond donors (Lipinski definition) is 0. The molecule has 0 N–H and O–H groups in total. The lowest BCUT2D eigenvalue weighted by Crippen LogP contribution is -2.05. The summed E-state index contributed by atoms with van der Waals surface area (Å²) < 4.78 is 10.8. The van der Waals surface area contributed by atoms with Crippen molar-refractivity contribution in [2.75, 3.05) is 13.2 Å². The standard InChI is InChI=1S/C34H66O4/c1-3-5-7-9-11-15-19-23-27-31-37-33(35)29-25-21-17-13-14-18-22-26-30-34(36)38-32-28-24-20-16-12-10-8-6-4-2/h3-32H2,1-2H3. The molecule has 0 fully saturated rings. The van der Waals surface area contributed by atoms with Crippen molar-refractivity contribution < 1.29 is 19.1 Å². The lowest BCUT2D eigenvalue weighted by molar-refractivity contribution is -0.144. The van der Waals surface area contributed by atoms with E-state index >= 15 is 0 Å². The Bertz CT molecular complexity index is 447. The Morgan fingerprint density at radius 2 is 0.579 bits per heavy atom. The number of unbranched alkanes of at least 4 members (excludes halogenated alkanes) is 23. The van der Waals surface area contributed by atoms with Crippen LogP contribution in [0.4, 0.5) is 0 Å². The zero-order valence-corrected chi connectivity index (χ0v) is 25.8. The maximum Gasteiger partial charge on any atom is 0.305 e. The molecule has 4 nitrogen and oxygen atoms in total. The molecule has 0 rings (SSSR count). The molecule has 0 aliphatic rings. The molecule has 0 radical (unpaired) electrons. The molecule has 0 saturated carbocycles. The molecule has 0 spiro atoms. The lowest BCUT2D eigenvalue weighted by atomic mass is 10.1. The van der Waals surface area contributed by atoms with Crippen LogP contribution in [-0.4, -0.2) is 25.2 Å². The molecule has 0 atom stereocenters. The van der Waals surface area contributed by atoms with Gasteiger partial charge in [-0.25, -0.2) is 0 Å². The van der Waals surface area contributed by atoms with Crippen molar-refractivity contribution in [3.63, 3.8) is 0 Å². The first-order chi connectivity index (χ1) is 18.7. The first-order valence-electron chi connectivity index (χ1n) is 17.0. The van der Waals surface area contributed by atoms with Gasteiger partial charge in [-0.05, 0) is 25.7 Å². The van der Waals surface area contributed by atoms with E-state index in [0.29, 0.717) is 26.1 Å². The molecular weight excluding hydrogens is 472 g/mol. The highest BCUT2D eigenvalue weighted by atomic mass is 16.5. The summed E-state index contributed by atoms with van der Waals surface area (Å²) in [5.74, 6) is -0.0384. The molecule has 0 aromatic rings. The van der Waals surface area contributed by atoms with Crippen LogP contribution in [0.15, 0.2) is 0 Å². The van der Waals surface area contributed by atoms with Gasteiger partial charge in [0.05, 0.1) is 13.2 Å². The summed E-state index contributed by atoms with van der Waals surface area (Å²) in [5.41, 5.74) is 0. The van der Waals surface area contributed by atoms with Gasteiger partial charge in [0.15, 0.2) is 0 Å². The van der Waals surface area contributed by atoms with E-state index in [9.17, 15) is 9.59 Å². The summed E-state index contributed by atoms with van der Waals surface area (Å²) in [6.07, 6.45) is 33.2. The van der Waals surface area contributed by atoms with Crippen LogP contribution in [0.1, 0.15) is 194 Å². The first kappa shape index (κ1) is 36.9. The van der Waals surface area contributed by atoms with E-state index in [1.165, 1.54) is 128 Å². The van der Waals surface area contributed by atoms with Gasteiger partial charge in [-0.1, -0.05) is 155 Å². The van der Waals surface area contributed by atoms with Crippen molar-refractivity contribution in [2.45, 2.75) is 194 Å². The van der Waals surface area contributed by atoms with Crippen LogP contribution in [0.25, 0.3) is 0 Å². The van der Waals surface area contributed by atoms with Gasteiger partial charge in [0, 0.05) is 12.8 Å². The average molecular weight is 539 g/mol. The Balaban J connectivity index is 3.24. The van der Waals surface area contributed by atoms with E-state index in [1.54, 1.807) is 0 Å². The predicted octanol–water partition coefficient (Wildman–Crippen LogP) is 11.0. The van der Waals surface area contributed by atoms with Crippen LogP contribution < -0.4 is 0 Å². The van der Waals surface area contributed by atoms with Gasteiger partial charge in [-0.3, -0.25) is 9.59 Å². The van der Waals surface area contributed by atoms with E-state index in [4.69, 9.17) is 9.47 Å². The second-order valence-corrected chi connectivity index (χ2v) is 11.4. The largest absolute Gasteiger partial charge is 0.466 e. The number of hydrogen-bond acceptors (Lipinski definition) is 4. The maximum absolute atomic E-state index is 11.8. The second kappa shape index (κ2) is 32.2. The highest BCUT2D eigenvalue weighted by Crippen LogP contribution is 2.13. The highest BCUT2D eigenvalue weighted by molar-refractivity contribution is 5.69. The molecule has 4 heteroatoms. The molecule has 0 aromatic heterocycles. The molecular formula is C34H66O4. The number of ether oxygens (including phenoxy) is 2. The first-order valence-corrected chi connectivity index (χ1v) is 17.0. The Hall–Kier alpha value is -1.06. The summed E-state index contributed by atoms with van der Waals surface area (Å²) in [4.78, 5) is 23.7. The smallest absolute Gasteiger partial charge is 0.305 e. The van der Waals surface area contributed by atoms with Gasteiger partial charge in [-0.2, -0.15) is 0 Å². The maximum atomic E-state index is 11.8. The average Bonchev–Trinajstić information content (AvgIpc) is 2.91. The zero-order valence-electron chi connectivity index (χ0n) is 25.8. The lowest BCUT2D eigenvalue weighted by Gasteiger charge is -2.06. The summed E-state index contributed by atoms with van der Waals surface area (Å²) in [6, 6.07) is 0. The third-order valence-electron chi connectivity index (χ3n) is 7.53. The van der Waals surface area contributed by atoms with Crippen molar-refractivity contribution in [1.29, 1.82) is 0 Å². The highest BCUT2D eigenvalue weighted by Gasteiger charge is 2.04. The molecule has 0 heterocycles. The molecule has 0 bridgehead atoms. The predicted molar refractivity (Wildman–Crippen MR) is 163 cm³/mol. The SMILES string of the molecule is CCCCCCCCCCCOC(=O)CCCCCCCCCCC(=O)OCCCCCCCCCCC. The quantitative estimate of drug-likeness (QED) is 0.0650. The van der Waals surface area contributed by atoms with Gasteiger partial charge in [0.25, 0.3) is 0 Å². The Labute approximate surface area is 237 Å².